The first-order valence-corrected chi connectivity index (χ1v) is 18.1. The Labute approximate surface area is 285 Å². The highest BCUT2D eigenvalue weighted by Crippen LogP contribution is 2.47. The van der Waals surface area contributed by atoms with Crippen LogP contribution in [0, 0.1) is 17.8 Å². The highest BCUT2D eigenvalue weighted by atomic mass is 79.9. The molecule has 2 N–H and O–H groups in total. The molecule has 2 heterocycles. The van der Waals surface area contributed by atoms with E-state index in [1.165, 1.54) is 0 Å². The molecule has 14 heteroatoms. The third-order valence-electron chi connectivity index (χ3n) is 9.35. The van der Waals surface area contributed by atoms with E-state index in [-0.39, 0.29) is 24.3 Å². The lowest BCUT2D eigenvalue weighted by atomic mass is 9.93. The van der Waals surface area contributed by atoms with Crippen LogP contribution in [-0.4, -0.2) is 76.9 Å². The average Bonchev–Trinajstić information content (AvgIpc) is 3.95. The molecule has 1 aromatic carbocycles. The van der Waals surface area contributed by atoms with Crippen molar-refractivity contribution >= 4 is 55.8 Å². The smallest absolute Gasteiger partial charge is 0.264 e. The molecule has 6 atom stereocenters. The predicted molar refractivity (Wildman–Crippen MR) is 178 cm³/mol. The molecule has 0 radical (unpaired) electrons. The first-order chi connectivity index (χ1) is 22.6. The van der Waals surface area contributed by atoms with Crippen molar-refractivity contribution in [3.05, 3.63) is 34.8 Å². The number of hydrogen-bond donors (Lipinski definition) is 2. The number of fused-ring (bicyclic) bond motifs is 3. The van der Waals surface area contributed by atoms with Gasteiger partial charge in [0.15, 0.2) is 0 Å². The number of methoxy groups -OCH3 is 1. The molecule has 6 rings (SSSR count). The highest BCUT2D eigenvalue weighted by molar-refractivity contribution is 9.10. The molecule has 0 saturated heterocycles. The van der Waals surface area contributed by atoms with Gasteiger partial charge in [0.25, 0.3) is 17.2 Å². The zero-order valence-electron chi connectivity index (χ0n) is 26.8. The van der Waals surface area contributed by atoms with Crippen LogP contribution in [0.1, 0.15) is 58.3 Å². The third kappa shape index (κ3) is 7.29. The largest absolute Gasteiger partial charge is 0.495 e. The normalized spacial score (nSPS) is 29.1. The summed E-state index contributed by atoms with van der Waals surface area (Å²) >= 11 is 1.59. The van der Waals surface area contributed by atoms with Crippen molar-refractivity contribution in [2.75, 3.05) is 27.3 Å². The van der Waals surface area contributed by atoms with Gasteiger partial charge >= 0.3 is 0 Å². The Bertz CT molecular complexity index is 1600. The van der Waals surface area contributed by atoms with Gasteiger partial charge in [0.2, 0.25) is 17.7 Å². The van der Waals surface area contributed by atoms with Crippen molar-refractivity contribution in [2.24, 2.45) is 17.8 Å². The van der Waals surface area contributed by atoms with E-state index in [1.54, 1.807) is 25.1 Å². The standard InChI is InChI=1S/C33H41BrN4O8S/c1-4-44-27-17-26(22-12-13-25(43-3)28(34)29(22)35-27)45-21-15-23-24(16-21)31(40)38(2)14-8-6-5-7-9-19-18-33(19,36-30(23)39)32(41)37-47(42)46-20-10-11-20/h7,9,12-13,17,19-21,23-24H,4-6,8,10-11,14-16,18H2,1-3H3,(H,36,39)(H,37,41)/b9-7-/t19-,21-,23-,24-,33-,47?/m1/s1. The minimum Gasteiger partial charge on any atom is -0.495 e. The van der Waals surface area contributed by atoms with Gasteiger partial charge in [0, 0.05) is 31.0 Å². The number of nitrogens with one attached hydrogen (secondary N) is 2. The second-order valence-corrected chi connectivity index (χ2v) is 14.4. The summed E-state index contributed by atoms with van der Waals surface area (Å²) in [4.78, 5) is 47.8. The summed E-state index contributed by atoms with van der Waals surface area (Å²) < 4.78 is 38.7. The van der Waals surface area contributed by atoms with E-state index < -0.39 is 46.6 Å². The summed E-state index contributed by atoms with van der Waals surface area (Å²) in [6, 6.07) is 5.39. The molecule has 1 aromatic heterocycles. The minimum atomic E-state index is -2.00. The summed E-state index contributed by atoms with van der Waals surface area (Å²) in [6.07, 6.45) is 8.40. The zero-order valence-corrected chi connectivity index (χ0v) is 29.2. The first kappa shape index (κ1) is 33.7. The SMILES string of the molecule is CCOc1cc(O[C@@H]2C[C@H]3C(=O)N[C@]4(C(=O)NS(=O)OC5CC5)C[C@H]4/C=C\CCCCN(C)C(=O)[C@@H]3C2)c2ccc(OC)c(Br)c2n1. The third-order valence-corrected chi connectivity index (χ3v) is 10.9. The van der Waals surface area contributed by atoms with Crippen LogP contribution in [-0.2, 0) is 29.8 Å². The average molecular weight is 734 g/mol. The van der Waals surface area contributed by atoms with Gasteiger partial charge < -0.3 is 24.4 Å². The molecule has 1 unspecified atom stereocenters. The van der Waals surface area contributed by atoms with Crippen molar-refractivity contribution in [3.63, 3.8) is 0 Å². The number of nitrogens with zero attached hydrogens (tertiary/aromatic N) is 2. The number of halogens is 1. The molecule has 12 nitrogen and oxygen atoms in total. The summed E-state index contributed by atoms with van der Waals surface area (Å²) in [7, 11) is 3.34. The van der Waals surface area contributed by atoms with Crippen molar-refractivity contribution in [3.8, 4) is 17.4 Å². The number of benzene rings is 1. The van der Waals surface area contributed by atoms with Crippen LogP contribution in [0.5, 0.6) is 17.4 Å². The first-order valence-electron chi connectivity index (χ1n) is 16.2. The number of pyridine rings is 1. The number of ether oxygens (including phenoxy) is 3. The molecular weight excluding hydrogens is 692 g/mol. The topological polar surface area (TPSA) is 145 Å². The van der Waals surface area contributed by atoms with Crippen LogP contribution >= 0.6 is 15.9 Å². The Kier molecular flexibility index (Phi) is 10.1. The molecule has 254 valence electrons. The Morgan fingerprint density at radius 2 is 1.96 bits per heavy atom. The lowest BCUT2D eigenvalue weighted by molar-refractivity contribution is -0.140. The fourth-order valence-electron chi connectivity index (χ4n) is 6.53. The van der Waals surface area contributed by atoms with E-state index >= 15 is 0 Å². The summed E-state index contributed by atoms with van der Waals surface area (Å²) in [5.74, 6) is -1.24. The molecule has 3 amide bonds. The van der Waals surface area contributed by atoms with Crippen LogP contribution in [0.15, 0.2) is 34.8 Å². The molecule has 0 spiro atoms. The van der Waals surface area contributed by atoms with Crippen molar-refractivity contribution in [2.45, 2.75) is 76.0 Å². The Balaban J connectivity index is 1.28. The fraction of sp³-hybridized carbons (Fsp3) is 0.576. The number of hydrogen-bond acceptors (Lipinski definition) is 9. The quantitative estimate of drug-likeness (QED) is 0.364. The Morgan fingerprint density at radius 3 is 2.70 bits per heavy atom. The fourth-order valence-corrected chi connectivity index (χ4v) is 7.95. The van der Waals surface area contributed by atoms with E-state index in [9.17, 15) is 18.6 Å². The number of aromatic nitrogens is 1. The molecule has 0 bridgehead atoms. The summed E-state index contributed by atoms with van der Waals surface area (Å²) in [5.41, 5.74) is -0.670. The molecule has 3 saturated carbocycles. The van der Waals surface area contributed by atoms with E-state index in [4.69, 9.17) is 18.4 Å². The maximum absolute atomic E-state index is 14.1. The molecule has 4 aliphatic rings. The van der Waals surface area contributed by atoms with Gasteiger partial charge in [0.05, 0.1) is 41.6 Å². The van der Waals surface area contributed by atoms with Crippen LogP contribution in [0.4, 0.5) is 0 Å². The van der Waals surface area contributed by atoms with Gasteiger partial charge in [-0.2, -0.15) is 0 Å². The highest BCUT2D eigenvalue weighted by Gasteiger charge is 2.61. The number of amides is 3. The lowest BCUT2D eigenvalue weighted by Crippen LogP contribution is -2.53. The van der Waals surface area contributed by atoms with E-state index in [0.717, 1.165) is 37.5 Å². The Morgan fingerprint density at radius 1 is 1.17 bits per heavy atom. The second-order valence-electron chi connectivity index (χ2n) is 12.7. The van der Waals surface area contributed by atoms with E-state index in [2.05, 4.69) is 31.0 Å². The number of allylic oxidation sites excluding steroid dienone is 1. The van der Waals surface area contributed by atoms with Crippen LogP contribution in [0.2, 0.25) is 0 Å². The molecule has 3 fully saturated rings. The molecule has 1 aliphatic heterocycles. The van der Waals surface area contributed by atoms with Crippen LogP contribution < -0.4 is 24.2 Å². The second kappa shape index (κ2) is 14.1. The summed E-state index contributed by atoms with van der Waals surface area (Å²) in [5, 5.41) is 3.71. The summed E-state index contributed by atoms with van der Waals surface area (Å²) in [6.45, 7) is 2.85. The van der Waals surface area contributed by atoms with Gasteiger partial charge in [-0.25, -0.2) is 13.9 Å². The Hall–Kier alpha value is -3.23. The molecule has 3 aliphatic carbocycles. The molecular formula is C33H41BrN4O8S. The van der Waals surface area contributed by atoms with Gasteiger partial charge in [-0.3, -0.25) is 18.6 Å². The maximum Gasteiger partial charge on any atom is 0.264 e. The lowest BCUT2D eigenvalue weighted by Gasteiger charge is -2.26. The minimum absolute atomic E-state index is 0.119. The monoisotopic (exact) mass is 732 g/mol. The number of carbonyl (C=O) groups is 3. The van der Waals surface area contributed by atoms with Crippen LogP contribution in [0.3, 0.4) is 0 Å². The number of carbonyl (C=O) groups excluding carboxylic acids is 3. The zero-order chi connectivity index (χ0) is 33.3. The van der Waals surface area contributed by atoms with Crippen molar-refractivity contribution in [1.29, 1.82) is 0 Å². The van der Waals surface area contributed by atoms with Gasteiger partial charge in [-0.15, -0.1) is 0 Å². The van der Waals surface area contributed by atoms with Crippen molar-refractivity contribution in [1.82, 2.24) is 19.9 Å². The molecule has 47 heavy (non-hydrogen) atoms. The van der Waals surface area contributed by atoms with E-state index in [0.29, 0.717) is 53.4 Å². The van der Waals surface area contributed by atoms with Gasteiger partial charge in [0.1, 0.15) is 23.1 Å². The molecule has 2 aromatic rings. The van der Waals surface area contributed by atoms with Crippen molar-refractivity contribution < 1.29 is 37.0 Å². The van der Waals surface area contributed by atoms with Crippen LogP contribution in [0.25, 0.3) is 10.9 Å². The van der Waals surface area contributed by atoms with Gasteiger partial charge in [-0.05, 0) is 86.4 Å². The van der Waals surface area contributed by atoms with Gasteiger partial charge in [-0.1, -0.05) is 12.2 Å². The maximum atomic E-state index is 14.1. The predicted octanol–water partition coefficient (Wildman–Crippen LogP) is 4.13. The van der Waals surface area contributed by atoms with E-state index in [1.807, 2.05) is 31.2 Å². The number of rotatable bonds is 9.